The zero-order valence-corrected chi connectivity index (χ0v) is 16.6. The van der Waals surface area contributed by atoms with Crippen LogP contribution in [0.15, 0.2) is 42.6 Å². The molecule has 140 valence electrons. The Morgan fingerprint density at radius 1 is 1.21 bits per heavy atom. The van der Waals surface area contributed by atoms with Gasteiger partial charge in [-0.25, -0.2) is 9.37 Å². The number of aryl methyl sites for hydroxylation is 1. The summed E-state index contributed by atoms with van der Waals surface area (Å²) in [6.45, 7) is 1.88. The molecule has 2 aromatic carbocycles. The molecule has 1 saturated carbocycles. The molecule has 2 aliphatic rings. The van der Waals surface area contributed by atoms with Crippen LogP contribution in [0.2, 0.25) is 5.02 Å². The number of halogens is 2. The summed E-state index contributed by atoms with van der Waals surface area (Å²) in [5, 5.41) is 2.79. The summed E-state index contributed by atoms with van der Waals surface area (Å²) in [5.41, 5.74) is 3.12. The lowest BCUT2D eigenvalue weighted by atomic mass is 10.1. The Bertz CT molecular complexity index is 1260. The van der Waals surface area contributed by atoms with E-state index in [-0.39, 0.29) is 12.0 Å². The van der Waals surface area contributed by atoms with E-state index >= 15 is 0 Å². The lowest BCUT2D eigenvalue weighted by molar-refractivity contribution is 0.175. The zero-order valence-electron chi connectivity index (χ0n) is 15.1. The number of rotatable bonds is 2. The molecule has 3 heterocycles. The highest BCUT2D eigenvalue weighted by Crippen LogP contribution is 2.48. The van der Waals surface area contributed by atoms with E-state index in [2.05, 4.69) is 9.55 Å². The maximum absolute atomic E-state index is 14.9. The molecule has 2 aromatic heterocycles. The van der Waals surface area contributed by atoms with E-state index in [0.717, 1.165) is 27.0 Å². The number of nitrogens with zero attached hydrogens (tertiary/aromatic N) is 2. The third-order valence-electron chi connectivity index (χ3n) is 5.44. The SMILES string of the molecule is Cc1cc(F)c2c(c1)O[C@@H](c1cnc(C3CC3)s1)n1c-2cc2cc(Cl)ccc21. The fourth-order valence-electron chi connectivity index (χ4n) is 4.00. The van der Waals surface area contributed by atoms with Crippen LogP contribution in [0.1, 0.15) is 40.4 Å². The molecule has 28 heavy (non-hydrogen) atoms. The highest BCUT2D eigenvalue weighted by atomic mass is 35.5. The van der Waals surface area contributed by atoms with Crippen molar-refractivity contribution in [3.05, 3.63) is 68.9 Å². The summed E-state index contributed by atoms with van der Waals surface area (Å²) >= 11 is 7.91. The second-order valence-corrected chi connectivity index (χ2v) is 9.10. The molecule has 6 rings (SSSR count). The van der Waals surface area contributed by atoms with Crippen LogP contribution < -0.4 is 4.74 Å². The van der Waals surface area contributed by atoms with Crippen LogP contribution in [0.25, 0.3) is 22.2 Å². The Labute approximate surface area is 170 Å². The van der Waals surface area contributed by atoms with Crippen molar-refractivity contribution in [2.75, 3.05) is 0 Å². The molecule has 0 N–H and O–H groups in total. The highest BCUT2D eigenvalue weighted by Gasteiger charge is 2.34. The van der Waals surface area contributed by atoms with Gasteiger partial charge in [-0.2, -0.15) is 0 Å². The number of ether oxygens (including phenoxy) is 1. The van der Waals surface area contributed by atoms with Gasteiger partial charge in [-0.1, -0.05) is 11.6 Å². The maximum atomic E-state index is 14.9. The molecule has 0 spiro atoms. The van der Waals surface area contributed by atoms with Crippen molar-refractivity contribution in [3.63, 3.8) is 0 Å². The Morgan fingerprint density at radius 3 is 2.89 bits per heavy atom. The maximum Gasteiger partial charge on any atom is 0.213 e. The molecule has 0 bridgehead atoms. The van der Waals surface area contributed by atoms with Crippen molar-refractivity contribution in [1.82, 2.24) is 9.55 Å². The van der Waals surface area contributed by atoms with Crippen molar-refractivity contribution >= 4 is 33.8 Å². The molecule has 1 fully saturated rings. The molecule has 0 radical (unpaired) electrons. The number of hydrogen-bond donors (Lipinski definition) is 0. The number of benzene rings is 2. The Hall–Kier alpha value is -2.37. The summed E-state index contributed by atoms with van der Waals surface area (Å²) < 4.78 is 23.4. The second-order valence-electron chi connectivity index (χ2n) is 7.57. The third-order valence-corrected chi connectivity index (χ3v) is 6.87. The first kappa shape index (κ1) is 16.6. The number of thiazole rings is 1. The predicted molar refractivity (Wildman–Crippen MR) is 110 cm³/mol. The van der Waals surface area contributed by atoms with Gasteiger partial charge in [-0.15, -0.1) is 11.3 Å². The molecule has 1 atom stereocenters. The average Bonchev–Trinajstić information content (AvgIpc) is 3.26. The van der Waals surface area contributed by atoms with Crippen molar-refractivity contribution in [2.24, 2.45) is 0 Å². The first-order valence-electron chi connectivity index (χ1n) is 9.32. The van der Waals surface area contributed by atoms with Gasteiger partial charge < -0.3 is 4.74 Å². The van der Waals surface area contributed by atoms with Gasteiger partial charge in [0.05, 0.1) is 26.7 Å². The van der Waals surface area contributed by atoms with Crippen molar-refractivity contribution in [2.45, 2.75) is 31.9 Å². The zero-order chi connectivity index (χ0) is 19.0. The number of aromatic nitrogens is 2. The lowest BCUT2D eigenvalue weighted by Gasteiger charge is -2.29. The van der Waals surface area contributed by atoms with E-state index in [1.165, 1.54) is 17.8 Å². The number of fused-ring (bicyclic) bond motifs is 5. The van der Waals surface area contributed by atoms with E-state index in [4.69, 9.17) is 16.3 Å². The summed E-state index contributed by atoms with van der Waals surface area (Å²) in [5.74, 6) is 0.894. The van der Waals surface area contributed by atoms with Gasteiger partial charge in [0.25, 0.3) is 0 Å². The highest BCUT2D eigenvalue weighted by molar-refractivity contribution is 7.11. The first-order chi connectivity index (χ1) is 13.6. The molecule has 3 nitrogen and oxygen atoms in total. The van der Waals surface area contributed by atoms with Gasteiger partial charge in [0.2, 0.25) is 6.23 Å². The minimum Gasteiger partial charge on any atom is -0.464 e. The van der Waals surface area contributed by atoms with Gasteiger partial charge in [0.1, 0.15) is 11.6 Å². The van der Waals surface area contributed by atoms with Crippen LogP contribution >= 0.6 is 22.9 Å². The molecule has 0 amide bonds. The quantitative estimate of drug-likeness (QED) is 0.368. The molecule has 4 aromatic rings. The minimum atomic E-state index is -0.368. The van der Waals surface area contributed by atoms with Gasteiger partial charge in [0.15, 0.2) is 0 Å². The van der Waals surface area contributed by atoms with Crippen LogP contribution in [0.4, 0.5) is 4.39 Å². The van der Waals surface area contributed by atoms with Gasteiger partial charge in [-0.3, -0.25) is 4.57 Å². The van der Waals surface area contributed by atoms with Crippen LogP contribution in [0.3, 0.4) is 0 Å². The fourth-order valence-corrected chi connectivity index (χ4v) is 5.29. The summed E-state index contributed by atoms with van der Waals surface area (Å²) in [6, 6.07) is 11.2. The van der Waals surface area contributed by atoms with E-state index in [0.29, 0.717) is 22.3 Å². The lowest BCUT2D eigenvalue weighted by Crippen LogP contribution is -2.22. The van der Waals surface area contributed by atoms with E-state index in [9.17, 15) is 4.39 Å². The summed E-state index contributed by atoms with van der Waals surface area (Å²) in [7, 11) is 0. The largest absolute Gasteiger partial charge is 0.464 e. The van der Waals surface area contributed by atoms with Crippen molar-refractivity contribution in [3.8, 4) is 17.0 Å². The molecule has 0 unspecified atom stereocenters. The van der Waals surface area contributed by atoms with Gasteiger partial charge in [-0.05, 0) is 61.7 Å². The summed E-state index contributed by atoms with van der Waals surface area (Å²) in [4.78, 5) is 5.66. The van der Waals surface area contributed by atoms with Gasteiger partial charge >= 0.3 is 0 Å². The topological polar surface area (TPSA) is 27.1 Å². The fraction of sp³-hybridized carbons (Fsp3) is 0.227. The monoisotopic (exact) mass is 410 g/mol. The Morgan fingerprint density at radius 2 is 2.07 bits per heavy atom. The standard InChI is InChI=1S/C22H16ClFN2OS/c1-11-6-15(24)20-17-9-13-8-14(23)4-5-16(13)26(17)22(27-18(20)7-11)19-10-25-21(28-19)12-2-3-12/h4-10,12,22H,2-3H2,1H3/t22-/m0/s1. The molecule has 1 aliphatic heterocycles. The van der Waals surface area contributed by atoms with E-state index < -0.39 is 0 Å². The third kappa shape index (κ3) is 2.43. The second kappa shape index (κ2) is 5.82. The Balaban J connectivity index is 1.62. The van der Waals surface area contributed by atoms with Crippen LogP contribution in [-0.2, 0) is 0 Å². The van der Waals surface area contributed by atoms with Gasteiger partial charge in [0, 0.05) is 22.5 Å². The molecule has 1 aliphatic carbocycles. The van der Waals surface area contributed by atoms with E-state index in [1.54, 1.807) is 17.4 Å². The van der Waals surface area contributed by atoms with E-state index in [1.807, 2.05) is 43.5 Å². The Kier molecular flexibility index (Phi) is 3.44. The van der Waals surface area contributed by atoms with Crippen molar-refractivity contribution < 1.29 is 9.13 Å². The van der Waals surface area contributed by atoms with Crippen LogP contribution in [-0.4, -0.2) is 9.55 Å². The van der Waals surface area contributed by atoms with Crippen LogP contribution in [0, 0.1) is 12.7 Å². The number of hydrogen-bond acceptors (Lipinski definition) is 3. The van der Waals surface area contributed by atoms with Crippen LogP contribution in [0.5, 0.6) is 5.75 Å². The van der Waals surface area contributed by atoms with Crippen molar-refractivity contribution in [1.29, 1.82) is 0 Å². The average molecular weight is 411 g/mol. The molecular formula is C22H16ClFN2OS. The first-order valence-corrected chi connectivity index (χ1v) is 10.5. The minimum absolute atomic E-state index is 0.272. The summed E-state index contributed by atoms with van der Waals surface area (Å²) in [6.07, 6.45) is 3.96. The molecule has 0 saturated heterocycles. The normalized spacial score (nSPS) is 18.0. The molecule has 6 heteroatoms. The smallest absolute Gasteiger partial charge is 0.213 e. The molecular weight excluding hydrogens is 395 g/mol. The predicted octanol–water partition coefficient (Wildman–Crippen LogP) is 6.68.